The van der Waals surface area contributed by atoms with E-state index in [1.54, 1.807) is 0 Å². The fraction of sp³-hybridized carbons (Fsp3) is 0.533. The Morgan fingerprint density at radius 3 is 2.90 bits per heavy atom. The van der Waals surface area contributed by atoms with Crippen molar-refractivity contribution < 1.29 is 13.9 Å². The zero-order valence-corrected chi connectivity index (χ0v) is 13.0. The third-order valence-electron chi connectivity index (χ3n) is 3.79. The van der Waals surface area contributed by atoms with E-state index in [-0.39, 0.29) is 30.1 Å². The first-order valence-corrected chi connectivity index (χ1v) is 7.02. The van der Waals surface area contributed by atoms with Gasteiger partial charge in [-0.3, -0.25) is 4.79 Å². The average molecular weight is 317 g/mol. The Morgan fingerprint density at radius 1 is 1.48 bits per heavy atom. The Morgan fingerprint density at radius 2 is 2.24 bits per heavy atom. The minimum absolute atomic E-state index is 0. The minimum atomic E-state index is -0.457. The average Bonchev–Trinajstić information content (AvgIpc) is 2.48. The van der Waals surface area contributed by atoms with Gasteiger partial charge in [0.05, 0.1) is 7.11 Å². The summed E-state index contributed by atoms with van der Waals surface area (Å²) in [5.74, 6) is -0.425. The Kier molecular flexibility index (Phi) is 6.92. The van der Waals surface area contributed by atoms with Gasteiger partial charge in [-0.05, 0) is 50.4 Å². The van der Waals surface area contributed by atoms with Gasteiger partial charge in [0.15, 0.2) is 11.6 Å². The van der Waals surface area contributed by atoms with Gasteiger partial charge in [0, 0.05) is 18.2 Å². The lowest BCUT2D eigenvalue weighted by Gasteiger charge is -2.35. The highest BCUT2D eigenvalue weighted by molar-refractivity contribution is 5.95. The first kappa shape index (κ1) is 17.7. The van der Waals surface area contributed by atoms with Crippen molar-refractivity contribution in [3.8, 4) is 5.75 Å². The first-order valence-electron chi connectivity index (χ1n) is 7.02. The Bertz CT molecular complexity index is 483. The maximum atomic E-state index is 13.4. The molecule has 1 atom stereocenters. The second-order valence-electron chi connectivity index (χ2n) is 5.07. The lowest BCUT2D eigenvalue weighted by molar-refractivity contribution is 0.0604. The number of nitrogens with two attached hydrogens (primary N) is 1. The first-order chi connectivity index (χ1) is 9.67. The molecule has 1 aliphatic heterocycles. The van der Waals surface area contributed by atoms with Crippen LogP contribution >= 0.6 is 12.4 Å². The third kappa shape index (κ3) is 4.08. The normalized spacial score (nSPS) is 18.0. The molecule has 4 nitrogen and oxygen atoms in total. The van der Waals surface area contributed by atoms with Gasteiger partial charge in [0.2, 0.25) is 0 Å². The van der Waals surface area contributed by atoms with Gasteiger partial charge >= 0.3 is 0 Å². The van der Waals surface area contributed by atoms with E-state index in [1.165, 1.54) is 25.3 Å². The quantitative estimate of drug-likeness (QED) is 0.929. The minimum Gasteiger partial charge on any atom is -0.494 e. The second kappa shape index (κ2) is 8.20. The van der Waals surface area contributed by atoms with Crippen molar-refractivity contribution in [1.82, 2.24) is 4.90 Å². The molecular formula is C15H22ClFN2O2. The predicted octanol–water partition coefficient (Wildman–Crippen LogP) is 2.60. The number of nitrogens with zero attached hydrogens (tertiary/aromatic N) is 1. The molecule has 0 radical (unpaired) electrons. The van der Waals surface area contributed by atoms with Gasteiger partial charge in [-0.2, -0.15) is 0 Å². The molecule has 6 heteroatoms. The highest BCUT2D eigenvalue weighted by Crippen LogP contribution is 2.24. The number of amides is 1. The van der Waals surface area contributed by atoms with E-state index >= 15 is 0 Å². The Labute approximate surface area is 130 Å². The molecule has 1 amide bonds. The number of hydrogen-bond acceptors (Lipinski definition) is 3. The summed E-state index contributed by atoms with van der Waals surface area (Å²) in [6.45, 7) is 1.31. The summed E-state index contributed by atoms with van der Waals surface area (Å²) >= 11 is 0. The number of methoxy groups -OCH3 is 1. The van der Waals surface area contributed by atoms with Crippen molar-refractivity contribution >= 4 is 18.3 Å². The number of piperidine rings is 1. The molecule has 0 spiro atoms. The van der Waals surface area contributed by atoms with Crippen molar-refractivity contribution in [3.63, 3.8) is 0 Å². The Hall–Kier alpha value is -1.33. The molecule has 1 heterocycles. The topological polar surface area (TPSA) is 55.6 Å². The van der Waals surface area contributed by atoms with E-state index in [1.807, 2.05) is 4.90 Å². The number of halogens is 2. The molecule has 0 aromatic heterocycles. The molecule has 21 heavy (non-hydrogen) atoms. The molecule has 1 fully saturated rings. The van der Waals surface area contributed by atoms with Crippen molar-refractivity contribution in [1.29, 1.82) is 0 Å². The van der Waals surface area contributed by atoms with Crippen molar-refractivity contribution in [3.05, 3.63) is 29.6 Å². The van der Waals surface area contributed by atoms with Crippen LogP contribution in [0.3, 0.4) is 0 Å². The summed E-state index contributed by atoms with van der Waals surface area (Å²) < 4.78 is 18.3. The molecule has 2 N–H and O–H groups in total. The maximum absolute atomic E-state index is 13.4. The van der Waals surface area contributed by atoms with Crippen LogP contribution in [0, 0.1) is 5.82 Å². The second-order valence-corrected chi connectivity index (χ2v) is 5.07. The van der Waals surface area contributed by atoms with Crippen LogP contribution < -0.4 is 10.5 Å². The number of likely N-dealkylation sites (tertiary alicyclic amines) is 1. The zero-order chi connectivity index (χ0) is 14.5. The van der Waals surface area contributed by atoms with Crippen molar-refractivity contribution in [2.75, 3.05) is 20.2 Å². The molecule has 2 rings (SSSR count). The summed E-state index contributed by atoms with van der Waals surface area (Å²) in [4.78, 5) is 14.4. The van der Waals surface area contributed by atoms with Crippen LogP contribution in [0.4, 0.5) is 4.39 Å². The third-order valence-corrected chi connectivity index (χ3v) is 3.79. The Balaban J connectivity index is 0.00000220. The SMILES string of the molecule is COc1cc(C(=O)N2CCCCC2CCN)ccc1F.Cl. The van der Waals surface area contributed by atoms with Crippen LogP contribution in [0.25, 0.3) is 0 Å². The van der Waals surface area contributed by atoms with Gasteiger partial charge in [-0.25, -0.2) is 4.39 Å². The monoisotopic (exact) mass is 316 g/mol. The smallest absolute Gasteiger partial charge is 0.254 e. The fourth-order valence-corrected chi connectivity index (χ4v) is 2.72. The van der Waals surface area contributed by atoms with E-state index in [4.69, 9.17) is 10.5 Å². The van der Waals surface area contributed by atoms with Crippen LogP contribution in [0.1, 0.15) is 36.0 Å². The molecule has 1 unspecified atom stereocenters. The van der Waals surface area contributed by atoms with Crippen molar-refractivity contribution in [2.24, 2.45) is 5.73 Å². The number of carbonyl (C=O) groups is 1. The number of ether oxygens (including phenoxy) is 1. The van der Waals surface area contributed by atoms with Crippen LogP contribution in [0.15, 0.2) is 18.2 Å². The number of benzene rings is 1. The van der Waals surface area contributed by atoms with E-state index < -0.39 is 5.82 Å². The molecule has 0 saturated carbocycles. The summed E-state index contributed by atoms with van der Waals surface area (Å²) in [6.07, 6.45) is 3.93. The summed E-state index contributed by atoms with van der Waals surface area (Å²) in [5, 5.41) is 0. The number of rotatable bonds is 4. The van der Waals surface area contributed by atoms with E-state index in [9.17, 15) is 9.18 Å². The van der Waals surface area contributed by atoms with E-state index in [0.29, 0.717) is 12.1 Å². The summed E-state index contributed by atoms with van der Waals surface area (Å²) in [6, 6.07) is 4.44. The van der Waals surface area contributed by atoms with Gasteiger partial charge in [-0.1, -0.05) is 0 Å². The van der Waals surface area contributed by atoms with Gasteiger partial charge in [-0.15, -0.1) is 12.4 Å². The summed E-state index contributed by atoms with van der Waals surface area (Å²) in [7, 11) is 1.39. The molecule has 1 saturated heterocycles. The van der Waals surface area contributed by atoms with E-state index in [0.717, 1.165) is 32.2 Å². The lowest BCUT2D eigenvalue weighted by Crippen LogP contribution is -2.44. The predicted molar refractivity (Wildman–Crippen MR) is 82.5 cm³/mol. The maximum Gasteiger partial charge on any atom is 0.254 e. The molecule has 0 bridgehead atoms. The molecule has 0 aliphatic carbocycles. The molecule has 1 aromatic carbocycles. The summed E-state index contributed by atoms with van der Waals surface area (Å²) in [5.41, 5.74) is 6.08. The largest absolute Gasteiger partial charge is 0.494 e. The molecular weight excluding hydrogens is 295 g/mol. The number of carbonyl (C=O) groups excluding carboxylic acids is 1. The highest BCUT2D eigenvalue weighted by atomic mass is 35.5. The molecule has 1 aromatic rings. The van der Waals surface area contributed by atoms with E-state index in [2.05, 4.69) is 0 Å². The molecule has 1 aliphatic rings. The number of hydrogen-bond donors (Lipinski definition) is 1. The highest BCUT2D eigenvalue weighted by Gasteiger charge is 2.27. The van der Waals surface area contributed by atoms with Crippen LogP contribution in [0.5, 0.6) is 5.75 Å². The van der Waals surface area contributed by atoms with Crippen LogP contribution in [0.2, 0.25) is 0 Å². The van der Waals surface area contributed by atoms with Gasteiger partial charge in [0.1, 0.15) is 0 Å². The zero-order valence-electron chi connectivity index (χ0n) is 12.2. The lowest BCUT2D eigenvalue weighted by atomic mass is 9.98. The van der Waals surface area contributed by atoms with Crippen LogP contribution in [-0.2, 0) is 0 Å². The standard InChI is InChI=1S/C15H21FN2O2.ClH/c1-20-14-10-11(5-6-13(14)16)15(19)18-9-3-2-4-12(18)7-8-17;/h5-6,10,12H,2-4,7-9,17H2,1H3;1H. The molecule has 118 valence electrons. The van der Waals surface area contributed by atoms with Gasteiger partial charge in [0.25, 0.3) is 5.91 Å². The fourth-order valence-electron chi connectivity index (χ4n) is 2.72. The van der Waals surface area contributed by atoms with Crippen molar-refractivity contribution in [2.45, 2.75) is 31.7 Å². The van der Waals surface area contributed by atoms with Crippen LogP contribution in [-0.4, -0.2) is 37.0 Å². The van der Waals surface area contributed by atoms with Gasteiger partial charge < -0.3 is 15.4 Å².